The van der Waals surface area contributed by atoms with Crippen LogP contribution in [0.25, 0.3) is 0 Å². The number of thiocarbonyl (C=S) groups is 1. The molecule has 0 amide bonds. The number of rotatable bonds is 3. The SMILES string of the molecule is Cc1ccc(C(=O)c2ccccc2N=C=S)cc1. The summed E-state index contributed by atoms with van der Waals surface area (Å²) in [7, 11) is 0. The second kappa shape index (κ2) is 5.50. The molecule has 88 valence electrons. The molecule has 0 bridgehead atoms. The fraction of sp³-hybridized carbons (Fsp3) is 0.0667. The average Bonchev–Trinajstić information content (AvgIpc) is 2.40. The van der Waals surface area contributed by atoms with Crippen LogP contribution in [0.2, 0.25) is 0 Å². The molecular formula is C15H11NOS. The third-order valence-corrected chi connectivity index (χ3v) is 2.72. The van der Waals surface area contributed by atoms with Gasteiger partial charge in [0.1, 0.15) is 0 Å². The van der Waals surface area contributed by atoms with Crippen molar-refractivity contribution in [2.24, 2.45) is 4.99 Å². The molecule has 0 aliphatic heterocycles. The number of para-hydroxylation sites is 1. The van der Waals surface area contributed by atoms with E-state index in [1.165, 1.54) is 0 Å². The molecule has 0 saturated carbocycles. The lowest BCUT2D eigenvalue weighted by molar-refractivity contribution is 0.103. The minimum absolute atomic E-state index is 0.0559. The van der Waals surface area contributed by atoms with Crippen molar-refractivity contribution in [3.05, 3.63) is 65.2 Å². The van der Waals surface area contributed by atoms with E-state index in [0.29, 0.717) is 16.8 Å². The van der Waals surface area contributed by atoms with E-state index >= 15 is 0 Å². The molecule has 2 nitrogen and oxygen atoms in total. The van der Waals surface area contributed by atoms with E-state index in [2.05, 4.69) is 22.4 Å². The summed E-state index contributed by atoms with van der Waals surface area (Å²) in [5, 5.41) is 2.30. The van der Waals surface area contributed by atoms with Crippen LogP contribution in [0.3, 0.4) is 0 Å². The Hall–Kier alpha value is -2.09. The zero-order chi connectivity index (χ0) is 13.0. The number of hydrogen-bond donors (Lipinski definition) is 0. The van der Waals surface area contributed by atoms with Gasteiger partial charge in [0.05, 0.1) is 10.8 Å². The zero-order valence-corrected chi connectivity index (χ0v) is 10.7. The first-order chi connectivity index (χ1) is 8.72. The van der Waals surface area contributed by atoms with E-state index in [-0.39, 0.29) is 5.78 Å². The number of ketones is 1. The van der Waals surface area contributed by atoms with Crippen LogP contribution >= 0.6 is 12.2 Å². The third kappa shape index (κ3) is 2.59. The number of isothiocyanates is 1. The van der Waals surface area contributed by atoms with Gasteiger partial charge in [-0.3, -0.25) is 4.79 Å². The smallest absolute Gasteiger partial charge is 0.195 e. The maximum absolute atomic E-state index is 12.3. The Morgan fingerprint density at radius 1 is 1.11 bits per heavy atom. The molecular weight excluding hydrogens is 242 g/mol. The molecule has 0 atom stereocenters. The van der Waals surface area contributed by atoms with E-state index in [0.717, 1.165) is 5.56 Å². The van der Waals surface area contributed by atoms with Crippen molar-refractivity contribution in [2.75, 3.05) is 0 Å². The second-order valence-electron chi connectivity index (χ2n) is 3.92. The highest BCUT2D eigenvalue weighted by Gasteiger charge is 2.12. The van der Waals surface area contributed by atoms with Crippen molar-refractivity contribution in [1.29, 1.82) is 0 Å². The van der Waals surface area contributed by atoms with Crippen molar-refractivity contribution in [3.63, 3.8) is 0 Å². The topological polar surface area (TPSA) is 29.4 Å². The molecule has 0 unspecified atom stereocenters. The molecule has 0 spiro atoms. The monoisotopic (exact) mass is 253 g/mol. The Bertz CT molecular complexity index is 625. The lowest BCUT2D eigenvalue weighted by Crippen LogP contribution is -2.01. The van der Waals surface area contributed by atoms with Gasteiger partial charge in [0.15, 0.2) is 5.78 Å². The van der Waals surface area contributed by atoms with Crippen molar-refractivity contribution in [3.8, 4) is 0 Å². The van der Waals surface area contributed by atoms with E-state index in [1.807, 2.05) is 43.3 Å². The van der Waals surface area contributed by atoms with Gasteiger partial charge in [-0.2, -0.15) is 4.99 Å². The average molecular weight is 253 g/mol. The first-order valence-electron chi connectivity index (χ1n) is 5.50. The zero-order valence-electron chi connectivity index (χ0n) is 9.88. The summed E-state index contributed by atoms with van der Waals surface area (Å²) in [5.74, 6) is -0.0559. The van der Waals surface area contributed by atoms with Crippen molar-refractivity contribution < 1.29 is 4.79 Å². The van der Waals surface area contributed by atoms with E-state index in [1.54, 1.807) is 12.1 Å². The Kier molecular flexibility index (Phi) is 3.78. The maximum Gasteiger partial charge on any atom is 0.195 e. The van der Waals surface area contributed by atoms with E-state index in [9.17, 15) is 4.79 Å². The maximum atomic E-state index is 12.3. The Labute approximate surface area is 111 Å². The van der Waals surface area contributed by atoms with Crippen LogP contribution in [-0.4, -0.2) is 10.9 Å². The standard InChI is InChI=1S/C15H11NOS/c1-11-6-8-12(9-7-11)15(17)13-4-2-3-5-14(13)16-10-18/h2-9H,1H3. The number of nitrogens with zero attached hydrogens (tertiary/aromatic N) is 1. The molecule has 0 heterocycles. The van der Waals surface area contributed by atoms with Crippen LogP contribution < -0.4 is 0 Å². The van der Waals surface area contributed by atoms with Crippen LogP contribution in [0.5, 0.6) is 0 Å². The van der Waals surface area contributed by atoms with Crippen molar-refractivity contribution >= 4 is 28.8 Å². The second-order valence-corrected chi connectivity index (χ2v) is 4.10. The van der Waals surface area contributed by atoms with Crippen LogP contribution in [0.15, 0.2) is 53.5 Å². The highest BCUT2D eigenvalue weighted by Crippen LogP contribution is 2.21. The van der Waals surface area contributed by atoms with E-state index < -0.39 is 0 Å². The van der Waals surface area contributed by atoms with Gasteiger partial charge < -0.3 is 0 Å². The molecule has 0 aliphatic rings. The van der Waals surface area contributed by atoms with Crippen LogP contribution in [-0.2, 0) is 0 Å². The highest BCUT2D eigenvalue weighted by molar-refractivity contribution is 7.78. The number of aryl methyl sites for hydroxylation is 1. The van der Waals surface area contributed by atoms with Gasteiger partial charge >= 0.3 is 0 Å². The predicted octanol–water partition coefficient (Wildman–Crippen LogP) is 3.96. The lowest BCUT2D eigenvalue weighted by atomic mass is 10.0. The summed E-state index contributed by atoms with van der Waals surface area (Å²) >= 11 is 4.59. The van der Waals surface area contributed by atoms with E-state index in [4.69, 9.17) is 0 Å². The summed E-state index contributed by atoms with van der Waals surface area (Å²) in [6.07, 6.45) is 0. The lowest BCUT2D eigenvalue weighted by Gasteiger charge is -2.04. The number of aliphatic imine (C=N–C) groups is 1. The van der Waals surface area contributed by atoms with Crippen LogP contribution in [0.1, 0.15) is 21.5 Å². The minimum Gasteiger partial charge on any atom is -0.289 e. The molecule has 0 radical (unpaired) electrons. The Balaban J connectivity index is 2.46. The van der Waals surface area contributed by atoms with Crippen LogP contribution in [0, 0.1) is 6.92 Å². The van der Waals surface area contributed by atoms with Gasteiger partial charge in [-0.1, -0.05) is 42.0 Å². The molecule has 0 N–H and O–H groups in total. The Morgan fingerprint density at radius 2 is 1.78 bits per heavy atom. The van der Waals surface area contributed by atoms with Crippen LogP contribution in [0.4, 0.5) is 5.69 Å². The first kappa shape index (κ1) is 12.4. The fourth-order valence-electron chi connectivity index (χ4n) is 1.67. The molecule has 0 aliphatic carbocycles. The molecule has 2 rings (SSSR count). The van der Waals surface area contributed by atoms with Gasteiger partial charge in [-0.15, -0.1) is 0 Å². The van der Waals surface area contributed by atoms with Crippen molar-refractivity contribution in [1.82, 2.24) is 0 Å². The minimum atomic E-state index is -0.0559. The molecule has 18 heavy (non-hydrogen) atoms. The number of carbonyl (C=O) groups is 1. The highest BCUT2D eigenvalue weighted by atomic mass is 32.1. The summed E-state index contributed by atoms with van der Waals surface area (Å²) in [6.45, 7) is 1.98. The number of benzene rings is 2. The number of carbonyl (C=O) groups excluding carboxylic acids is 1. The molecule has 2 aromatic carbocycles. The fourth-order valence-corrected chi connectivity index (χ4v) is 1.77. The van der Waals surface area contributed by atoms with Gasteiger partial charge in [0.25, 0.3) is 0 Å². The quantitative estimate of drug-likeness (QED) is 0.470. The Morgan fingerprint density at radius 3 is 2.44 bits per heavy atom. The summed E-state index contributed by atoms with van der Waals surface area (Å²) in [5.41, 5.74) is 2.86. The van der Waals surface area contributed by atoms with Gasteiger partial charge in [0.2, 0.25) is 0 Å². The van der Waals surface area contributed by atoms with Crippen molar-refractivity contribution in [2.45, 2.75) is 6.92 Å². The van der Waals surface area contributed by atoms with Gasteiger partial charge in [0, 0.05) is 11.1 Å². The third-order valence-electron chi connectivity index (χ3n) is 2.63. The summed E-state index contributed by atoms with van der Waals surface area (Å²) < 4.78 is 0. The molecule has 3 heteroatoms. The normalized spacial score (nSPS) is 9.61. The molecule has 0 saturated heterocycles. The summed E-state index contributed by atoms with van der Waals surface area (Å²) in [4.78, 5) is 16.2. The molecule has 0 aromatic heterocycles. The first-order valence-corrected chi connectivity index (χ1v) is 5.91. The molecule has 2 aromatic rings. The number of hydrogen-bond acceptors (Lipinski definition) is 3. The predicted molar refractivity (Wildman–Crippen MR) is 75.7 cm³/mol. The van der Waals surface area contributed by atoms with Gasteiger partial charge in [-0.25, -0.2) is 0 Å². The summed E-state index contributed by atoms with van der Waals surface area (Å²) in [6, 6.07) is 14.6. The van der Waals surface area contributed by atoms with Gasteiger partial charge in [-0.05, 0) is 31.3 Å². The molecule has 0 fully saturated rings. The largest absolute Gasteiger partial charge is 0.289 e.